The quantitative estimate of drug-likeness (QED) is 0.193. The molecule has 0 aliphatic carbocycles. The molecule has 0 spiro atoms. The summed E-state index contributed by atoms with van der Waals surface area (Å²) in [5.41, 5.74) is 8.14. The second-order valence-corrected chi connectivity index (χ2v) is 12.5. The molecule has 9 aromatic rings. The highest BCUT2D eigenvalue weighted by Crippen LogP contribution is 2.44. The van der Waals surface area contributed by atoms with Crippen molar-refractivity contribution in [3.8, 4) is 56.5 Å². The van der Waals surface area contributed by atoms with E-state index in [0.717, 1.165) is 44.6 Å². The zero-order valence-corrected chi connectivity index (χ0v) is 26.0. The van der Waals surface area contributed by atoms with Crippen molar-refractivity contribution in [2.75, 3.05) is 0 Å². The summed E-state index contributed by atoms with van der Waals surface area (Å²) in [5.74, 6) is 1.93. The topological polar surface area (TPSA) is 51.6 Å². The van der Waals surface area contributed by atoms with Crippen molar-refractivity contribution in [3.05, 3.63) is 158 Å². The van der Waals surface area contributed by atoms with E-state index in [1.807, 2.05) is 72.0 Å². The summed E-state index contributed by atoms with van der Waals surface area (Å²) in [4.78, 5) is 20.2. The Bertz CT molecular complexity index is 2490. The number of hydrogen-bond acceptors (Lipinski definition) is 5. The summed E-state index contributed by atoms with van der Waals surface area (Å²) in [7, 11) is 0. The van der Waals surface area contributed by atoms with Gasteiger partial charge in [-0.15, -0.1) is 11.3 Å². The number of rotatable bonds is 5. The van der Waals surface area contributed by atoms with E-state index < -0.39 is 0 Å². The van der Waals surface area contributed by atoms with Crippen molar-refractivity contribution in [1.29, 1.82) is 0 Å². The van der Waals surface area contributed by atoms with E-state index in [9.17, 15) is 0 Å². The van der Waals surface area contributed by atoms with Crippen molar-refractivity contribution in [2.24, 2.45) is 0 Å². The van der Waals surface area contributed by atoms with E-state index in [0.29, 0.717) is 17.5 Å². The Kier molecular flexibility index (Phi) is 6.61. The Hall–Kier alpha value is -6.04. The minimum Gasteiger partial charge on any atom is -0.246 e. The van der Waals surface area contributed by atoms with E-state index >= 15 is 0 Å². The molecule has 0 radical (unpaired) electrons. The van der Waals surface area contributed by atoms with Gasteiger partial charge in [-0.25, -0.2) is 19.9 Å². The average molecular weight is 619 g/mol. The summed E-state index contributed by atoms with van der Waals surface area (Å²) >= 11 is 1.84. The van der Waals surface area contributed by atoms with Crippen LogP contribution in [0.5, 0.6) is 0 Å². The third-order valence-corrected chi connectivity index (χ3v) is 9.74. The first-order valence-corrected chi connectivity index (χ1v) is 16.4. The molecule has 0 bridgehead atoms. The van der Waals surface area contributed by atoms with Crippen LogP contribution < -0.4 is 0 Å². The van der Waals surface area contributed by atoms with Crippen LogP contribution in [0.2, 0.25) is 0 Å². The largest absolute Gasteiger partial charge is 0.246 e. The smallest absolute Gasteiger partial charge is 0.164 e. The molecule has 0 saturated carbocycles. The second kappa shape index (κ2) is 11.4. The first kappa shape index (κ1) is 27.3. The summed E-state index contributed by atoms with van der Waals surface area (Å²) in [6, 6.07) is 54.3. The van der Waals surface area contributed by atoms with Crippen LogP contribution in [0.3, 0.4) is 0 Å². The Morgan fingerprint density at radius 3 is 1.47 bits per heavy atom. The molecule has 0 amide bonds. The first-order valence-electron chi connectivity index (χ1n) is 15.6. The maximum atomic E-state index is 5.45. The lowest BCUT2D eigenvalue weighted by atomic mass is 9.98. The number of fused-ring (bicyclic) bond motifs is 5. The van der Waals surface area contributed by atoms with E-state index in [2.05, 4.69) is 97.1 Å². The van der Waals surface area contributed by atoms with Crippen molar-refractivity contribution in [3.63, 3.8) is 0 Å². The van der Waals surface area contributed by atoms with Crippen LogP contribution in [0.25, 0.3) is 87.6 Å². The molecule has 0 unspecified atom stereocenters. The maximum Gasteiger partial charge on any atom is 0.164 e. The van der Waals surface area contributed by atoms with Gasteiger partial charge in [0, 0.05) is 53.4 Å². The zero-order valence-electron chi connectivity index (χ0n) is 25.2. The van der Waals surface area contributed by atoms with Gasteiger partial charge in [0.1, 0.15) is 0 Å². The molecule has 3 heterocycles. The molecule has 47 heavy (non-hydrogen) atoms. The van der Waals surface area contributed by atoms with Gasteiger partial charge in [0.2, 0.25) is 0 Å². The van der Waals surface area contributed by atoms with E-state index in [1.165, 1.54) is 25.6 Å². The van der Waals surface area contributed by atoms with E-state index in [-0.39, 0.29) is 0 Å². The Balaban J connectivity index is 1.23. The van der Waals surface area contributed by atoms with Gasteiger partial charge in [-0.2, -0.15) is 0 Å². The van der Waals surface area contributed by atoms with Crippen LogP contribution in [-0.2, 0) is 0 Å². The van der Waals surface area contributed by atoms with Gasteiger partial charge in [-0.3, -0.25) is 0 Å². The first-order chi connectivity index (χ1) is 23.3. The molecule has 0 saturated heterocycles. The normalized spacial score (nSPS) is 11.4. The number of thiophene rings is 1. The Morgan fingerprint density at radius 2 is 0.851 bits per heavy atom. The number of aromatic nitrogens is 4. The Labute approximate surface area is 275 Å². The fraction of sp³-hybridized carbons (Fsp3) is 0. The van der Waals surface area contributed by atoms with Crippen molar-refractivity contribution in [2.45, 2.75) is 0 Å². The molecule has 5 heteroatoms. The molecule has 0 aliphatic rings. The van der Waals surface area contributed by atoms with Crippen LogP contribution in [0.15, 0.2) is 158 Å². The molecular weight excluding hydrogens is 593 g/mol. The zero-order chi connectivity index (χ0) is 31.2. The summed E-state index contributed by atoms with van der Waals surface area (Å²) < 4.78 is 2.51. The lowest BCUT2D eigenvalue weighted by Crippen LogP contribution is -2.00. The van der Waals surface area contributed by atoms with Crippen molar-refractivity contribution in [1.82, 2.24) is 19.9 Å². The minimum atomic E-state index is 0.633. The second-order valence-electron chi connectivity index (χ2n) is 11.4. The molecule has 0 N–H and O–H groups in total. The van der Waals surface area contributed by atoms with Gasteiger partial charge in [-0.05, 0) is 11.6 Å². The standard InChI is InChI=1S/C42H26N4S/c1-4-13-27(14-5-1)32-20-12-21-34-38(32)43-37(36-33-19-10-11-22-35(33)47-39(34)36)28-23-25-31(26-24-28)42-45-40(29-15-6-2-7-16-29)44-41(46-42)30-17-8-3-9-18-30/h1-26H. The highest BCUT2D eigenvalue weighted by Gasteiger charge is 2.19. The molecule has 6 aromatic carbocycles. The van der Waals surface area contributed by atoms with Gasteiger partial charge >= 0.3 is 0 Å². The summed E-state index contributed by atoms with van der Waals surface area (Å²) in [5, 5.41) is 3.59. The van der Waals surface area contributed by atoms with Gasteiger partial charge < -0.3 is 0 Å². The van der Waals surface area contributed by atoms with Gasteiger partial charge in [0.15, 0.2) is 17.5 Å². The van der Waals surface area contributed by atoms with Crippen molar-refractivity contribution < 1.29 is 0 Å². The van der Waals surface area contributed by atoms with E-state index in [4.69, 9.17) is 19.9 Å². The molecular formula is C42H26N4S. The maximum absolute atomic E-state index is 5.45. The molecule has 3 aromatic heterocycles. The van der Waals surface area contributed by atoms with Crippen molar-refractivity contribution >= 4 is 42.4 Å². The number of hydrogen-bond donors (Lipinski definition) is 0. The lowest BCUT2D eigenvalue weighted by Gasteiger charge is -2.12. The highest BCUT2D eigenvalue weighted by atomic mass is 32.1. The Morgan fingerprint density at radius 1 is 0.362 bits per heavy atom. The predicted octanol–water partition coefficient (Wildman–Crippen LogP) is 11.1. The van der Waals surface area contributed by atoms with Crippen LogP contribution in [0.1, 0.15) is 0 Å². The molecule has 0 fully saturated rings. The average Bonchev–Trinajstić information content (AvgIpc) is 3.55. The molecule has 9 rings (SSSR count). The fourth-order valence-corrected chi connectivity index (χ4v) is 7.49. The summed E-state index contributed by atoms with van der Waals surface area (Å²) in [6.07, 6.45) is 0. The molecule has 0 aliphatic heterocycles. The van der Waals surface area contributed by atoms with Gasteiger partial charge in [-0.1, -0.05) is 152 Å². The van der Waals surface area contributed by atoms with Crippen LogP contribution in [0, 0.1) is 0 Å². The molecule has 0 atom stereocenters. The number of para-hydroxylation sites is 1. The minimum absolute atomic E-state index is 0.633. The van der Waals surface area contributed by atoms with Gasteiger partial charge in [0.25, 0.3) is 0 Å². The number of pyridine rings is 1. The summed E-state index contributed by atoms with van der Waals surface area (Å²) in [6.45, 7) is 0. The molecule has 220 valence electrons. The third-order valence-electron chi connectivity index (χ3n) is 8.54. The molecule has 4 nitrogen and oxygen atoms in total. The van der Waals surface area contributed by atoms with Gasteiger partial charge in [0.05, 0.1) is 11.2 Å². The van der Waals surface area contributed by atoms with Crippen LogP contribution >= 0.6 is 11.3 Å². The monoisotopic (exact) mass is 618 g/mol. The number of nitrogens with zero attached hydrogens (tertiary/aromatic N) is 4. The lowest BCUT2D eigenvalue weighted by molar-refractivity contribution is 1.07. The SMILES string of the molecule is c1ccc(-c2nc(-c3ccccc3)nc(-c3ccc(-c4nc5c(-c6ccccc6)cccc5c5sc6ccccc6c45)cc3)n2)cc1. The number of benzene rings is 6. The van der Waals surface area contributed by atoms with E-state index in [1.54, 1.807) is 0 Å². The fourth-order valence-electron chi connectivity index (χ4n) is 6.26. The van der Waals surface area contributed by atoms with Crippen LogP contribution in [-0.4, -0.2) is 19.9 Å². The highest BCUT2D eigenvalue weighted by molar-refractivity contribution is 7.26. The van der Waals surface area contributed by atoms with Crippen LogP contribution in [0.4, 0.5) is 0 Å². The predicted molar refractivity (Wildman–Crippen MR) is 195 cm³/mol. The third kappa shape index (κ3) is 4.85.